The molecule has 0 spiro atoms. The lowest BCUT2D eigenvalue weighted by atomic mass is 10.1. The van der Waals surface area contributed by atoms with Crippen LogP contribution in [0.25, 0.3) is 0 Å². The number of nitrogens with one attached hydrogen (secondary N) is 1. The second kappa shape index (κ2) is 6.93. The minimum Gasteiger partial charge on any atom is -0.455 e. The van der Waals surface area contributed by atoms with Crippen LogP contribution in [-0.4, -0.2) is 31.6 Å². The molecule has 2 aliphatic rings. The van der Waals surface area contributed by atoms with Gasteiger partial charge in [0.1, 0.15) is 0 Å². The monoisotopic (exact) mass is 356 g/mol. The van der Waals surface area contributed by atoms with E-state index in [4.69, 9.17) is 4.74 Å². The number of carbonyl (C=O) groups is 2. The molecule has 136 valence electrons. The molecule has 1 saturated heterocycles. The van der Waals surface area contributed by atoms with Gasteiger partial charge in [0.25, 0.3) is 5.91 Å². The molecule has 5 nitrogen and oxygen atoms in total. The Labute approximate surface area is 143 Å². The van der Waals surface area contributed by atoms with Crippen LogP contribution in [0.4, 0.5) is 24.5 Å². The van der Waals surface area contributed by atoms with Gasteiger partial charge in [-0.3, -0.25) is 9.59 Å². The standard InChI is InChI=1S/C17H19F3N2O3/c18-17(19,20)12-5-6-14(22-7-1-2-8-22)13(9-12)21-15(23)10-25-16(24)11-3-4-11/h5-6,9,11H,1-4,7-8,10H2,(H,21,23). The van der Waals surface area contributed by atoms with Gasteiger partial charge < -0.3 is 15.0 Å². The van der Waals surface area contributed by atoms with Crippen molar-refractivity contribution in [1.82, 2.24) is 0 Å². The second-order valence-electron chi connectivity index (χ2n) is 6.35. The quantitative estimate of drug-likeness (QED) is 0.823. The fraction of sp³-hybridized carbons (Fsp3) is 0.529. The van der Waals surface area contributed by atoms with E-state index in [0.717, 1.165) is 50.9 Å². The number of carbonyl (C=O) groups excluding carboxylic acids is 2. The summed E-state index contributed by atoms with van der Waals surface area (Å²) in [7, 11) is 0. The molecule has 1 N–H and O–H groups in total. The van der Waals surface area contributed by atoms with E-state index in [-0.39, 0.29) is 11.6 Å². The molecule has 1 aliphatic carbocycles. The van der Waals surface area contributed by atoms with Crippen molar-refractivity contribution in [3.63, 3.8) is 0 Å². The van der Waals surface area contributed by atoms with Gasteiger partial charge in [-0.15, -0.1) is 0 Å². The number of ether oxygens (including phenoxy) is 1. The Morgan fingerprint density at radius 3 is 2.48 bits per heavy atom. The normalized spacial score (nSPS) is 17.5. The Hall–Kier alpha value is -2.25. The number of nitrogens with zero attached hydrogens (tertiary/aromatic N) is 1. The molecule has 25 heavy (non-hydrogen) atoms. The number of hydrogen-bond donors (Lipinski definition) is 1. The summed E-state index contributed by atoms with van der Waals surface area (Å²) < 4.78 is 43.8. The molecule has 1 heterocycles. The largest absolute Gasteiger partial charge is 0.455 e. The highest BCUT2D eigenvalue weighted by Gasteiger charge is 2.33. The molecule has 1 saturated carbocycles. The fourth-order valence-corrected chi connectivity index (χ4v) is 2.81. The summed E-state index contributed by atoms with van der Waals surface area (Å²) in [5.74, 6) is -1.21. The van der Waals surface area contributed by atoms with Crippen molar-refractivity contribution in [3.8, 4) is 0 Å². The predicted molar refractivity (Wildman–Crippen MR) is 85.2 cm³/mol. The second-order valence-corrected chi connectivity index (χ2v) is 6.35. The van der Waals surface area contributed by atoms with Crippen LogP contribution in [0.15, 0.2) is 18.2 Å². The Morgan fingerprint density at radius 1 is 1.20 bits per heavy atom. The smallest absolute Gasteiger partial charge is 0.416 e. The van der Waals surface area contributed by atoms with Gasteiger partial charge >= 0.3 is 12.1 Å². The molecule has 0 unspecified atom stereocenters. The molecule has 0 aromatic heterocycles. The van der Waals surface area contributed by atoms with E-state index in [9.17, 15) is 22.8 Å². The van der Waals surface area contributed by atoms with E-state index in [1.165, 1.54) is 6.07 Å². The minimum atomic E-state index is -4.50. The highest BCUT2D eigenvalue weighted by molar-refractivity contribution is 5.96. The summed E-state index contributed by atoms with van der Waals surface area (Å²) in [4.78, 5) is 25.4. The third-order valence-corrected chi connectivity index (χ3v) is 4.30. The number of rotatable bonds is 5. The summed E-state index contributed by atoms with van der Waals surface area (Å²) in [5.41, 5.74) is -0.197. The number of esters is 1. The van der Waals surface area contributed by atoms with Gasteiger partial charge in [0.05, 0.1) is 22.9 Å². The molecule has 0 radical (unpaired) electrons. The summed E-state index contributed by atoms with van der Waals surface area (Å²) in [6.45, 7) is 0.959. The van der Waals surface area contributed by atoms with Crippen LogP contribution >= 0.6 is 0 Å². The van der Waals surface area contributed by atoms with Gasteiger partial charge in [0, 0.05) is 13.1 Å². The number of anilines is 2. The van der Waals surface area contributed by atoms with Crippen molar-refractivity contribution in [2.24, 2.45) is 5.92 Å². The third kappa shape index (κ3) is 4.43. The van der Waals surface area contributed by atoms with E-state index in [0.29, 0.717) is 5.69 Å². The zero-order valence-corrected chi connectivity index (χ0v) is 13.6. The van der Waals surface area contributed by atoms with Crippen LogP contribution in [0, 0.1) is 5.92 Å². The zero-order valence-electron chi connectivity index (χ0n) is 13.6. The van der Waals surface area contributed by atoms with Gasteiger partial charge in [0.15, 0.2) is 6.61 Å². The van der Waals surface area contributed by atoms with E-state index >= 15 is 0 Å². The maximum Gasteiger partial charge on any atom is 0.416 e. The maximum atomic E-state index is 13.0. The number of alkyl halides is 3. The fourth-order valence-electron chi connectivity index (χ4n) is 2.81. The number of halogens is 3. The van der Waals surface area contributed by atoms with Crippen molar-refractivity contribution < 1.29 is 27.5 Å². The van der Waals surface area contributed by atoms with Gasteiger partial charge in [-0.2, -0.15) is 13.2 Å². The van der Waals surface area contributed by atoms with Crippen LogP contribution in [0.3, 0.4) is 0 Å². The summed E-state index contributed by atoms with van der Waals surface area (Å²) >= 11 is 0. The van der Waals surface area contributed by atoms with Crippen molar-refractivity contribution in [3.05, 3.63) is 23.8 Å². The Bertz CT molecular complexity index is 666. The van der Waals surface area contributed by atoms with Crippen LogP contribution in [0.5, 0.6) is 0 Å². The molecule has 2 fully saturated rings. The SMILES string of the molecule is O=C(COC(=O)C1CC1)Nc1cc(C(F)(F)F)ccc1N1CCCC1. The molecule has 1 aliphatic heterocycles. The highest BCUT2D eigenvalue weighted by Crippen LogP contribution is 2.36. The third-order valence-electron chi connectivity index (χ3n) is 4.30. The lowest BCUT2D eigenvalue weighted by molar-refractivity contribution is -0.148. The van der Waals surface area contributed by atoms with Gasteiger partial charge in [-0.25, -0.2) is 0 Å². The topological polar surface area (TPSA) is 58.6 Å². The summed E-state index contributed by atoms with van der Waals surface area (Å²) in [5, 5.41) is 2.46. The number of amides is 1. The Balaban J connectivity index is 1.73. The van der Waals surface area contributed by atoms with Gasteiger partial charge in [-0.05, 0) is 43.9 Å². The van der Waals surface area contributed by atoms with E-state index in [1.807, 2.05) is 4.90 Å². The zero-order chi connectivity index (χ0) is 18.0. The molecule has 0 atom stereocenters. The average Bonchev–Trinajstić information content (AvgIpc) is 3.27. The predicted octanol–water partition coefficient (Wildman–Crippen LogP) is 3.20. The van der Waals surface area contributed by atoms with Gasteiger partial charge in [0.2, 0.25) is 0 Å². The molecular weight excluding hydrogens is 337 g/mol. The van der Waals surface area contributed by atoms with E-state index in [1.54, 1.807) is 0 Å². The van der Waals surface area contributed by atoms with Crippen molar-refractivity contribution >= 4 is 23.3 Å². The van der Waals surface area contributed by atoms with Crippen molar-refractivity contribution in [2.45, 2.75) is 31.9 Å². The van der Waals surface area contributed by atoms with Gasteiger partial charge in [-0.1, -0.05) is 0 Å². The van der Waals surface area contributed by atoms with Crippen molar-refractivity contribution in [2.75, 3.05) is 29.9 Å². The first kappa shape index (κ1) is 17.6. The van der Waals surface area contributed by atoms with E-state index in [2.05, 4.69) is 5.32 Å². The minimum absolute atomic E-state index is 0.0872. The summed E-state index contributed by atoms with van der Waals surface area (Å²) in [6.07, 6.45) is -1.08. The number of benzene rings is 1. The van der Waals surface area contributed by atoms with Crippen LogP contribution in [0.2, 0.25) is 0 Å². The number of hydrogen-bond acceptors (Lipinski definition) is 4. The lowest BCUT2D eigenvalue weighted by Gasteiger charge is -2.23. The Morgan fingerprint density at radius 2 is 1.88 bits per heavy atom. The molecule has 0 bridgehead atoms. The van der Waals surface area contributed by atoms with Crippen LogP contribution in [-0.2, 0) is 20.5 Å². The van der Waals surface area contributed by atoms with Crippen molar-refractivity contribution in [1.29, 1.82) is 0 Å². The average molecular weight is 356 g/mol. The molecule has 3 rings (SSSR count). The highest BCUT2D eigenvalue weighted by atomic mass is 19.4. The van der Waals surface area contributed by atoms with Crippen LogP contribution < -0.4 is 10.2 Å². The first-order chi connectivity index (χ1) is 11.8. The summed E-state index contributed by atoms with van der Waals surface area (Å²) in [6, 6.07) is 3.31. The molecular formula is C17H19F3N2O3. The molecule has 8 heteroatoms. The first-order valence-corrected chi connectivity index (χ1v) is 8.27. The maximum absolute atomic E-state index is 13.0. The first-order valence-electron chi connectivity index (χ1n) is 8.27. The molecule has 1 aromatic carbocycles. The van der Waals surface area contributed by atoms with E-state index < -0.39 is 30.2 Å². The van der Waals surface area contributed by atoms with Crippen LogP contribution in [0.1, 0.15) is 31.2 Å². The lowest BCUT2D eigenvalue weighted by Crippen LogP contribution is -2.25. The molecule has 1 aromatic rings. The molecule has 1 amide bonds. The Kier molecular flexibility index (Phi) is 4.87.